The van der Waals surface area contributed by atoms with Crippen molar-refractivity contribution < 1.29 is 4.79 Å². The number of rotatable bonds is 2. The van der Waals surface area contributed by atoms with Crippen LogP contribution in [-0.2, 0) is 4.79 Å². The van der Waals surface area contributed by atoms with Gasteiger partial charge >= 0.3 is 0 Å². The van der Waals surface area contributed by atoms with Crippen molar-refractivity contribution in [1.29, 1.82) is 0 Å². The predicted molar refractivity (Wildman–Crippen MR) is 35.4 cm³/mol. The van der Waals surface area contributed by atoms with Gasteiger partial charge in [0.25, 0.3) is 0 Å². The first-order chi connectivity index (χ1) is 3.85. The molecule has 0 aliphatic carbocycles. The number of carbonyl (C=O) groups excluding carboxylic acids is 1. The summed E-state index contributed by atoms with van der Waals surface area (Å²) in [5.41, 5.74) is 14.9. The van der Waals surface area contributed by atoms with Crippen molar-refractivity contribution in [3.05, 3.63) is 0 Å². The summed E-state index contributed by atoms with van der Waals surface area (Å²) in [5, 5.41) is 0. The van der Waals surface area contributed by atoms with E-state index in [9.17, 15) is 4.79 Å². The van der Waals surface area contributed by atoms with E-state index in [0.29, 0.717) is 0 Å². The summed E-state index contributed by atoms with van der Waals surface area (Å²) < 4.78 is 0. The minimum atomic E-state index is -0.766. The smallest absolute Gasteiger partial charge is 0.236 e. The monoisotopic (exact) mass is 131 g/mol. The van der Waals surface area contributed by atoms with Crippen LogP contribution in [0.2, 0.25) is 0 Å². The van der Waals surface area contributed by atoms with Gasteiger partial charge in [0.05, 0.1) is 0 Å². The van der Waals surface area contributed by atoms with E-state index < -0.39 is 17.5 Å². The third-order valence-corrected chi connectivity index (χ3v) is 1.11. The second-order valence-electron chi connectivity index (χ2n) is 2.70. The van der Waals surface area contributed by atoms with E-state index in [1.807, 2.05) is 0 Å². The van der Waals surface area contributed by atoms with Gasteiger partial charge < -0.3 is 17.2 Å². The molecule has 0 aliphatic rings. The molecule has 0 spiro atoms. The van der Waals surface area contributed by atoms with E-state index in [1.54, 1.807) is 13.8 Å². The molecule has 54 valence electrons. The molecule has 4 heteroatoms. The molecule has 9 heavy (non-hydrogen) atoms. The highest BCUT2D eigenvalue weighted by molar-refractivity contribution is 5.81. The highest BCUT2D eigenvalue weighted by atomic mass is 16.1. The van der Waals surface area contributed by atoms with Gasteiger partial charge in [0.1, 0.15) is 6.04 Å². The molecule has 0 aromatic rings. The fourth-order valence-electron chi connectivity index (χ4n) is 0.367. The highest BCUT2D eigenvalue weighted by Crippen LogP contribution is 2.00. The second-order valence-corrected chi connectivity index (χ2v) is 2.70. The molecular weight excluding hydrogens is 118 g/mol. The van der Waals surface area contributed by atoms with Gasteiger partial charge in [-0.3, -0.25) is 4.79 Å². The molecule has 1 amide bonds. The Kier molecular flexibility index (Phi) is 2.17. The maximum absolute atomic E-state index is 10.4. The van der Waals surface area contributed by atoms with E-state index in [-0.39, 0.29) is 0 Å². The average Bonchev–Trinajstić information content (AvgIpc) is 1.62. The zero-order valence-electron chi connectivity index (χ0n) is 5.72. The summed E-state index contributed by atoms with van der Waals surface area (Å²) in [6.07, 6.45) is 0. The van der Waals surface area contributed by atoms with E-state index in [0.717, 1.165) is 0 Å². The van der Waals surface area contributed by atoms with Crippen molar-refractivity contribution in [1.82, 2.24) is 0 Å². The zero-order chi connectivity index (χ0) is 7.65. The molecule has 1 atom stereocenters. The van der Waals surface area contributed by atoms with E-state index in [1.165, 1.54) is 0 Å². The molecule has 0 saturated carbocycles. The second kappa shape index (κ2) is 2.33. The van der Waals surface area contributed by atoms with Gasteiger partial charge in [0, 0.05) is 5.54 Å². The van der Waals surface area contributed by atoms with E-state index >= 15 is 0 Å². The molecule has 0 bridgehead atoms. The Bertz CT molecular complexity index is 116. The Hall–Kier alpha value is -0.610. The standard InChI is InChI=1S/C5H13N3O/c1-5(2,8)3(6)4(7)9/h3H,6,8H2,1-2H3,(H2,7,9). The maximum atomic E-state index is 10.4. The molecule has 0 saturated heterocycles. The summed E-state index contributed by atoms with van der Waals surface area (Å²) in [4.78, 5) is 10.4. The number of nitrogens with two attached hydrogens (primary N) is 3. The molecule has 0 heterocycles. The summed E-state index contributed by atoms with van der Waals surface area (Å²) in [6, 6.07) is -0.766. The quantitative estimate of drug-likeness (QED) is 0.427. The van der Waals surface area contributed by atoms with Crippen molar-refractivity contribution in [2.45, 2.75) is 25.4 Å². The van der Waals surface area contributed by atoms with Gasteiger partial charge in [0.2, 0.25) is 5.91 Å². The molecule has 0 aromatic carbocycles. The lowest BCUT2D eigenvalue weighted by molar-refractivity contribution is -0.120. The van der Waals surface area contributed by atoms with Crippen molar-refractivity contribution in [3.63, 3.8) is 0 Å². The van der Waals surface area contributed by atoms with Crippen molar-refractivity contribution >= 4 is 5.91 Å². The van der Waals surface area contributed by atoms with Crippen LogP contribution in [0.5, 0.6) is 0 Å². The third kappa shape index (κ3) is 2.43. The normalized spacial score (nSPS) is 15.1. The number of amides is 1. The Balaban J connectivity index is 4.04. The zero-order valence-corrected chi connectivity index (χ0v) is 5.72. The molecular formula is C5H13N3O. The summed E-state index contributed by atoms with van der Waals surface area (Å²) >= 11 is 0. The lowest BCUT2D eigenvalue weighted by Crippen LogP contribution is -2.57. The largest absolute Gasteiger partial charge is 0.368 e. The van der Waals surface area contributed by atoms with Gasteiger partial charge in [-0.15, -0.1) is 0 Å². The van der Waals surface area contributed by atoms with Crippen molar-refractivity contribution in [3.8, 4) is 0 Å². The summed E-state index contributed by atoms with van der Waals surface area (Å²) in [5.74, 6) is -0.567. The average molecular weight is 131 g/mol. The van der Waals surface area contributed by atoms with Gasteiger partial charge in [-0.25, -0.2) is 0 Å². The van der Waals surface area contributed by atoms with Crippen LogP contribution in [0.4, 0.5) is 0 Å². The fourth-order valence-corrected chi connectivity index (χ4v) is 0.367. The molecule has 4 nitrogen and oxygen atoms in total. The Morgan fingerprint density at radius 1 is 1.56 bits per heavy atom. The SMILES string of the molecule is CC(C)(N)C(N)C(N)=O. The predicted octanol–water partition coefficient (Wildman–Crippen LogP) is -1.46. The van der Waals surface area contributed by atoms with E-state index in [2.05, 4.69) is 0 Å². The molecule has 0 radical (unpaired) electrons. The molecule has 6 N–H and O–H groups in total. The topological polar surface area (TPSA) is 95.1 Å². The summed E-state index contributed by atoms with van der Waals surface area (Å²) in [6.45, 7) is 3.31. The first kappa shape index (κ1) is 8.39. The van der Waals surface area contributed by atoms with Crippen LogP contribution in [0.3, 0.4) is 0 Å². The van der Waals surface area contributed by atoms with Crippen LogP contribution >= 0.6 is 0 Å². The molecule has 0 aromatic heterocycles. The number of hydrogen-bond acceptors (Lipinski definition) is 3. The third-order valence-electron chi connectivity index (χ3n) is 1.11. The Morgan fingerprint density at radius 2 is 1.89 bits per heavy atom. The molecule has 0 rings (SSSR count). The van der Waals surface area contributed by atoms with Crippen LogP contribution in [-0.4, -0.2) is 17.5 Å². The van der Waals surface area contributed by atoms with Crippen LogP contribution < -0.4 is 17.2 Å². The highest BCUT2D eigenvalue weighted by Gasteiger charge is 2.25. The minimum Gasteiger partial charge on any atom is -0.368 e. The first-order valence-electron chi connectivity index (χ1n) is 2.69. The maximum Gasteiger partial charge on any atom is 0.236 e. The van der Waals surface area contributed by atoms with Crippen LogP contribution in [0.15, 0.2) is 0 Å². The van der Waals surface area contributed by atoms with Gasteiger partial charge in [-0.2, -0.15) is 0 Å². The molecule has 1 unspecified atom stereocenters. The number of carbonyl (C=O) groups is 1. The van der Waals surface area contributed by atoms with Crippen LogP contribution in [0, 0.1) is 0 Å². The van der Waals surface area contributed by atoms with E-state index in [4.69, 9.17) is 17.2 Å². The van der Waals surface area contributed by atoms with Crippen molar-refractivity contribution in [2.24, 2.45) is 17.2 Å². The van der Waals surface area contributed by atoms with Gasteiger partial charge in [-0.1, -0.05) is 0 Å². The fraction of sp³-hybridized carbons (Fsp3) is 0.800. The van der Waals surface area contributed by atoms with Gasteiger partial charge in [0.15, 0.2) is 0 Å². The van der Waals surface area contributed by atoms with Crippen LogP contribution in [0.25, 0.3) is 0 Å². The first-order valence-corrected chi connectivity index (χ1v) is 2.69. The number of hydrogen-bond donors (Lipinski definition) is 3. The lowest BCUT2D eigenvalue weighted by Gasteiger charge is -2.23. The summed E-state index contributed by atoms with van der Waals surface area (Å²) in [7, 11) is 0. The number of primary amides is 1. The lowest BCUT2D eigenvalue weighted by atomic mass is 9.97. The van der Waals surface area contributed by atoms with Crippen molar-refractivity contribution in [2.75, 3.05) is 0 Å². The molecule has 0 aliphatic heterocycles. The molecule has 0 fully saturated rings. The van der Waals surface area contributed by atoms with Gasteiger partial charge in [-0.05, 0) is 13.8 Å². The minimum absolute atomic E-state index is 0.567. The Labute approximate surface area is 54.4 Å². The Morgan fingerprint density at radius 3 is 1.89 bits per heavy atom. The van der Waals surface area contributed by atoms with Crippen LogP contribution in [0.1, 0.15) is 13.8 Å².